The van der Waals surface area contributed by atoms with Crippen molar-refractivity contribution in [3.05, 3.63) is 47.7 Å². The first-order chi connectivity index (χ1) is 10.7. The topological polar surface area (TPSA) is 88.2 Å². The third-order valence-corrected chi connectivity index (χ3v) is 3.77. The minimum Gasteiger partial charge on any atom is -0.508 e. The Balaban J connectivity index is 1.55. The molecule has 6 nitrogen and oxygen atoms in total. The van der Waals surface area contributed by atoms with Crippen LogP contribution in [-0.4, -0.2) is 21.2 Å². The Labute approximate surface area is 130 Å². The van der Waals surface area contributed by atoms with Crippen LogP contribution in [0.4, 0.5) is 5.69 Å². The van der Waals surface area contributed by atoms with Crippen molar-refractivity contribution < 1.29 is 14.4 Å². The molecule has 3 rings (SSSR count). The molecule has 112 valence electrons. The number of anilines is 1. The molecule has 0 unspecified atom stereocenters. The number of hydrogen-bond donors (Lipinski definition) is 2. The number of nitrogens with one attached hydrogen (secondary N) is 1. The zero-order valence-electron chi connectivity index (χ0n) is 11.5. The molecule has 1 amide bonds. The minimum absolute atomic E-state index is 0.107. The number of amides is 1. The summed E-state index contributed by atoms with van der Waals surface area (Å²) in [6.07, 6.45) is 0.588. The molecule has 0 radical (unpaired) electrons. The first kappa shape index (κ1) is 14.3. The molecule has 0 fully saturated rings. The molecular weight excluding hydrogens is 302 g/mol. The predicted molar refractivity (Wildman–Crippen MR) is 82.7 cm³/mol. The van der Waals surface area contributed by atoms with E-state index in [4.69, 9.17) is 4.52 Å². The van der Waals surface area contributed by atoms with E-state index < -0.39 is 0 Å². The summed E-state index contributed by atoms with van der Waals surface area (Å²) >= 11 is 1.53. The van der Waals surface area contributed by atoms with Gasteiger partial charge in [0.15, 0.2) is 0 Å². The van der Waals surface area contributed by atoms with Gasteiger partial charge in [-0.2, -0.15) is 4.98 Å². The molecule has 7 heteroatoms. The molecule has 2 heterocycles. The first-order valence-corrected chi connectivity index (χ1v) is 7.54. The van der Waals surface area contributed by atoms with Crippen molar-refractivity contribution in [2.45, 2.75) is 12.8 Å². The highest BCUT2D eigenvalue weighted by Crippen LogP contribution is 2.21. The summed E-state index contributed by atoms with van der Waals surface area (Å²) in [5.41, 5.74) is 0.551. The number of carbonyl (C=O) groups is 1. The Kier molecular flexibility index (Phi) is 4.15. The van der Waals surface area contributed by atoms with E-state index >= 15 is 0 Å². The maximum atomic E-state index is 11.9. The van der Waals surface area contributed by atoms with Crippen molar-refractivity contribution in [1.29, 1.82) is 0 Å². The zero-order chi connectivity index (χ0) is 15.4. The fourth-order valence-electron chi connectivity index (χ4n) is 1.89. The molecule has 2 N–H and O–H groups in total. The number of benzene rings is 1. The van der Waals surface area contributed by atoms with Gasteiger partial charge in [0.05, 0.1) is 4.88 Å². The summed E-state index contributed by atoms with van der Waals surface area (Å²) in [7, 11) is 0. The number of phenols is 1. The maximum Gasteiger partial charge on any atom is 0.227 e. The number of aromatic hydroxyl groups is 1. The number of aryl methyl sites for hydroxylation is 1. The van der Waals surface area contributed by atoms with E-state index in [2.05, 4.69) is 15.5 Å². The number of phenolic OH excluding ortho intramolecular Hbond substituents is 1. The number of hydrogen-bond acceptors (Lipinski definition) is 6. The molecule has 2 aromatic heterocycles. The van der Waals surface area contributed by atoms with Crippen molar-refractivity contribution in [3.63, 3.8) is 0 Å². The van der Waals surface area contributed by atoms with Gasteiger partial charge in [-0.15, -0.1) is 11.3 Å². The molecule has 0 saturated heterocycles. The standard InChI is InChI=1S/C15H13N3O3S/c19-11-4-1-3-10(9-11)16-13(20)6-7-14-17-15(18-21-14)12-5-2-8-22-12/h1-5,8-9,19H,6-7H2,(H,16,20). The zero-order valence-corrected chi connectivity index (χ0v) is 12.3. The van der Waals surface area contributed by atoms with E-state index in [0.29, 0.717) is 23.8 Å². The van der Waals surface area contributed by atoms with Crippen LogP contribution in [0.2, 0.25) is 0 Å². The van der Waals surface area contributed by atoms with Crippen LogP contribution in [-0.2, 0) is 11.2 Å². The Morgan fingerprint density at radius 3 is 3.00 bits per heavy atom. The van der Waals surface area contributed by atoms with Crippen LogP contribution in [0.25, 0.3) is 10.7 Å². The fraction of sp³-hybridized carbons (Fsp3) is 0.133. The summed E-state index contributed by atoms with van der Waals surface area (Å²) in [6, 6.07) is 10.2. The molecule has 0 spiro atoms. The van der Waals surface area contributed by atoms with Gasteiger partial charge in [-0.25, -0.2) is 0 Å². The minimum atomic E-state index is -0.179. The number of thiophene rings is 1. The van der Waals surface area contributed by atoms with E-state index in [-0.39, 0.29) is 18.1 Å². The molecule has 22 heavy (non-hydrogen) atoms. The number of nitrogens with zero attached hydrogens (tertiary/aromatic N) is 2. The van der Waals surface area contributed by atoms with Gasteiger partial charge in [0.25, 0.3) is 0 Å². The molecule has 0 aliphatic rings. The van der Waals surface area contributed by atoms with Gasteiger partial charge in [-0.3, -0.25) is 4.79 Å². The van der Waals surface area contributed by atoms with Crippen molar-refractivity contribution in [2.24, 2.45) is 0 Å². The van der Waals surface area contributed by atoms with E-state index in [9.17, 15) is 9.90 Å². The van der Waals surface area contributed by atoms with Crippen LogP contribution >= 0.6 is 11.3 Å². The number of aromatic nitrogens is 2. The van der Waals surface area contributed by atoms with Crippen LogP contribution in [0.15, 0.2) is 46.3 Å². The van der Waals surface area contributed by atoms with E-state index in [1.165, 1.54) is 17.4 Å². The lowest BCUT2D eigenvalue weighted by Crippen LogP contribution is -2.12. The lowest BCUT2D eigenvalue weighted by Gasteiger charge is -2.04. The monoisotopic (exact) mass is 315 g/mol. The predicted octanol–water partition coefficient (Wildman–Crippen LogP) is 3.08. The first-order valence-electron chi connectivity index (χ1n) is 6.66. The lowest BCUT2D eigenvalue weighted by molar-refractivity contribution is -0.116. The van der Waals surface area contributed by atoms with Crippen LogP contribution in [0.5, 0.6) is 5.75 Å². The second-order valence-corrected chi connectivity index (χ2v) is 5.54. The van der Waals surface area contributed by atoms with Crippen molar-refractivity contribution in [1.82, 2.24) is 10.1 Å². The maximum absolute atomic E-state index is 11.9. The Morgan fingerprint density at radius 2 is 2.23 bits per heavy atom. The number of carbonyl (C=O) groups excluding carboxylic acids is 1. The smallest absolute Gasteiger partial charge is 0.227 e. The van der Waals surface area contributed by atoms with Crippen LogP contribution < -0.4 is 5.32 Å². The van der Waals surface area contributed by atoms with Gasteiger partial charge in [0.2, 0.25) is 17.6 Å². The Morgan fingerprint density at radius 1 is 1.32 bits per heavy atom. The molecule has 1 aromatic carbocycles. The largest absolute Gasteiger partial charge is 0.508 e. The molecule has 0 bridgehead atoms. The SMILES string of the molecule is O=C(CCc1nc(-c2cccs2)no1)Nc1cccc(O)c1. The van der Waals surface area contributed by atoms with E-state index in [1.54, 1.807) is 18.2 Å². The molecule has 0 saturated carbocycles. The highest BCUT2D eigenvalue weighted by Gasteiger charge is 2.11. The van der Waals surface area contributed by atoms with Crippen molar-refractivity contribution >= 4 is 22.9 Å². The second kappa shape index (κ2) is 6.40. The van der Waals surface area contributed by atoms with Gasteiger partial charge >= 0.3 is 0 Å². The third-order valence-electron chi connectivity index (χ3n) is 2.91. The van der Waals surface area contributed by atoms with Crippen LogP contribution in [0, 0.1) is 0 Å². The molecular formula is C15H13N3O3S. The van der Waals surface area contributed by atoms with Gasteiger partial charge in [0.1, 0.15) is 5.75 Å². The second-order valence-electron chi connectivity index (χ2n) is 4.59. The van der Waals surface area contributed by atoms with Gasteiger partial charge in [-0.05, 0) is 23.6 Å². The quantitative estimate of drug-likeness (QED) is 0.755. The van der Waals surface area contributed by atoms with Crippen molar-refractivity contribution in [3.8, 4) is 16.5 Å². The average molecular weight is 315 g/mol. The molecule has 0 aliphatic carbocycles. The highest BCUT2D eigenvalue weighted by molar-refractivity contribution is 7.13. The van der Waals surface area contributed by atoms with E-state index in [1.807, 2.05) is 17.5 Å². The summed E-state index contributed by atoms with van der Waals surface area (Å²) in [6.45, 7) is 0. The Hall–Kier alpha value is -2.67. The average Bonchev–Trinajstić information content (AvgIpc) is 3.16. The fourth-order valence-corrected chi connectivity index (χ4v) is 2.54. The van der Waals surface area contributed by atoms with Gasteiger partial charge in [0, 0.05) is 24.6 Å². The normalized spacial score (nSPS) is 10.5. The third kappa shape index (κ3) is 3.50. The lowest BCUT2D eigenvalue weighted by atomic mass is 10.2. The molecule has 0 aliphatic heterocycles. The number of rotatable bonds is 5. The Bertz CT molecular complexity index is 768. The highest BCUT2D eigenvalue weighted by atomic mass is 32.1. The molecule has 0 atom stereocenters. The summed E-state index contributed by atoms with van der Waals surface area (Å²) < 4.78 is 5.13. The van der Waals surface area contributed by atoms with Gasteiger partial charge in [-0.1, -0.05) is 17.3 Å². The van der Waals surface area contributed by atoms with Crippen LogP contribution in [0.3, 0.4) is 0 Å². The van der Waals surface area contributed by atoms with E-state index in [0.717, 1.165) is 4.88 Å². The van der Waals surface area contributed by atoms with Crippen molar-refractivity contribution in [2.75, 3.05) is 5.32 Å². The van der Waals surface area contributed by atoms with Crippen LogP contribution in [0.1, 0.15) is 12.3 Å². The van der Waals surface area contributed by atoms with Gasteiger partial charge < -0.3 is 14.9 Å². The molecule has 3 aromatic rings. The summed E-state index contributed by atoms with van der Waals surface area (Å²) in [5.74, 6) is 0.893. The summed E-state index contributed by atoms with van der Waals surface area (Å²) in [4.78, 5) is 17.0. The summed E-state index contributed by atoms with van der Waals surface area (Å²) in [5, 5.41) is 17.9.